The van der Waals surface area contributed by atoms with Crippen molar-refractivity contribution in [2.75, 3.05) is 0 Å². The highest BCUT2D eigenvalue weighted by molar-refractivity contribution is 5.37. The van der Waals surface area contributed by atoms with Gasteiger partial charge in [0.2, 0.25) is 0 Å². The topological polar surface area (TPSA) is 0 Å². The molecule has 0 fully saturated rings. The summed E-state index contributed by atoms with van der Waals surface area (Å²) in [5, 5.41) is 0. The van der Waals surface area contributed by atoms with Crippen LogP contribution in [-0.2, 0) is 5.41 Å². The van der Waals surface area contributed by atoms with E-state index >= 15 is 0 Å². The second-order valence-corrected chi connectivity index (χ2v) is 4.75. The summed E-state index contributed by atoms with van der Waals surface area (Å²) in [4.78, 5) is 0. The SMILES string of the molecule is Cc1[c]c(C(C)(C)C)[c]c(C)c1C. The molecule has 1 rings (SSSR count). The molecule has 0 heterocycles. The highest BCUT2D eigenvalue weighted by Gasteiger charge is 2.15. The molecule has 2 radical (unpaired) electrons. The van der Waals surface area contributed by atoms with Gasteiger partial charge in [-0.1, -0.05) is 20.8 Å². The van der Waals surface area contributed by atoms with Gasteiger partial charge in [0.15, 0.2) is 0 Å². The van der Waals surface area contributed by atoms with Crippen LogP contribution in [0.5, 0.6) is 0 Å². The van der Waals surface area contributed by atoms with Crippen LogP contribution in [-0.4, -0.2) is 0 Å². The van der Waals surface area contributed by atoms with Crippen LogP contribution in [0.4, 0.5) is 0 Å². The minimum atomic E-state index is 0.156. The van der Waals surface area contributed by atoms with E-state index in [9.17, 15) is 0 Å². The van der Waals surface area contributed by atoms with Gasteiger partial charge in [-0.2, -0.15) is 0 Å². The van der Waals surface area contributed by atoms with E-state index in [4.69, 9.17) is 0 Å². The maximum absolute atomic E-state index is 3.40. The molecule has 0 aliphatic heterocycles. The van der Waals surface area contributed by atoms with Gasteiger partial charge in [0, 0.05) is 0 Å². The fourth-order valence-electron chi connectivity index (χ4n) is 1.25. The van der Waals surface area contributed by atoms with Gasteiger partial charge in [0.1, 0.15) is 0 Å². The molecule has 0 spiro atoms. The number of aryl methyl sites for hydroxylation is 2. The van der Waals surface area contributed by atoms with Gasteiger partial charge in [-0.25, -0.2) is 0 Å². The quantitative estimate of drug-likeness (QED) is 0.564. The minimum absolute atomic E-state index is 0.156. The summed E-state index contributed by atoms with van der Waals surface area (Å²) in [6.45, 7) is 13.0. The Morgan fingerprint density at radius 1 is 0.846 bits per heavy atom. The van der Waals surface area contributed by atoms with Crippen LogP contribution in [0.15, 0.2) is 0 Å². The number of hydrogen-bond donors (Lipinski definition) is 0. The van der Waals surface area contributed by atoms with Gasteiger partial charge in [-0.3, -0.25) is 0 Å². The average molecular weight is 174 g/mol. The van der Waals surface area contributed by atoms with Crippen molar-refractivity contribution in [1.29, 1.82) is 0 Å². The first-order valence-corrected chi connectivity index (χ1v) is 4.75. The van der Waals surface area contributed by atoms with E-state index in [1.807, 2.05) is 0 Å². The fraction of sp³-hybridized carbons (Fsp3) is 0.538. The third-order valence-corrected chi connectivity index (χ3v) is 2.50. The monoisotopic (exact) mass is 174 g/mol. The zero-order valence-corrected chi connectivity index (χ0v) is 9.50. The summed E-state index contributed by atoms with van der Waals surface area (Å²) < 4.78 is 0. The Morgan fingerprint density at radius 2 is 1.23 bits per heavy atom. The molecule has 0 saturated heterocycles. The molecule has 0 atom stereocenters. The van der Waals surface area contributed by atoms with Crippen LogP contribution < -0.4 is 0 Å². The van der Waals surface area contributed by atoms with E-state index in [-0.39, 0.29) is 5.41 Å². The Labute approximate surface area is 82.0 Å². The van der Waals surface area contributed by atoms with Gasteiger partial charge < -0.3 is 0 Å². The number of rotatable bonds is 0. The molecule has 1 aromatic rings. The molecule has 0 unspecified atom stereocenters. The van der Waals surface area contributed by atoms with Gasteiger partial charge >= 0.3 is 0 Å². The first-order valence-electron chi connectivity index (χ1n) is 4.75. The van der Waals surface area contributed by atoms with Crippen molar-refractivity contribution in [3.05, 3.63) is 34.4 Å². The van der Waals surface area contributed by atoms with Crippen molar-refractivity contribution in [1.82, 2.24) is 0 Å². The van der Waals surface area contributed by atoms with Crippen molar-refractivity contribution < 1.29 is 0 Å². The van der Waals surface area contributed by atoms with E-state index in [0.29, 0.717) is 0 Å². The minimum Gasteiger partial charge on any atom is -0.0560 e. The smallest absolute Gasteiger partial charge is 0.0102 e. The summed E-state index contributed by atoms with van der Waals surface area (Å²) in [5.74, 6) is 0. The zero-order valence-electron chi connectivity index (χ0n) is 9.50. The maximum Gasteiger partial charge on any atom is -0.0102 e. The largest absolute Gasteiger partial charge is 0.0560 e. The van der Waals surface area contributed by atoms with E-state index in [1.165, 1.54) is 22.3 Å². The van der Waals surface area contributed by atoms with Crippen molar-refractivity contribution in [2.24, 2.45) is 0 Å². The molecule has 0 aliphatic carbocycles. The molecule has 0 aromatic heterocycles. The first kappa shape index (κ1) is 10.3. The standard InChI is InChI=1S/C13H18/c1-9-7-12(13(4,5)6)8-10(2)11(9)3/h1-6H3. The Bertz CT molecular complexity index is 290. The highest BCUT2D eigenvalue weighted by atomic mass is 14.2. The molecule has 0 saturated carbocycles. The lowest BCUT2D eigenvalue weighted by atomic mass is 9.84. The van der Waals surface area contributed by atoms with E-state index < -0.39 is 0 Å². The van der Waals surface area contributed by atoms with Crippen LogP contribution in [0, 0.1) is 32.9 Å². The van der Waals surface area contributed by atoms with Gasteiger partial charge in [-0.05, 0) is 60.6 Å². The predicted octanol–water partition coefficient (Wildman–Crippen LogP) is 3.51. The van der Waals surface area contributed by atoms with Gasteiger partial charge in [-0.15, -0.1) is 0 Å². The molecule has 0 aliphatic rings. The second-order valence-electron chi connectivity index (χ2n) is 4.75. The van der Waals surface area contributed by atoms with Crippen molar-refractivity contribution in [2.45, 2.75) is 47.0 Å². The molecule has 13 heavy (non-hydrogen) atoms. The summed E-state index contributed by atoms with van der Waals surface area (Å²) in [6, 6.07) is 6.80. The van der Waals surface area contributed by atoms with Crippen molar-refractivity contribution in [3.8, 4) is 0 Å². The highest BCUT2D eigenvalue weighted by Crippen LogP contribution is 2.25. The van der Waals surface area contributed by atoms with Crippen LogP contribution >= 0.6 is 0 Å². The molecule has 0 N–H and O–H groups in total. The number of benzene rings is 1. The Morgan fingerprint density at radius 3 is 1.54 bits per heavy atom. The van der Waals surface area contributed by atoms with Gasteiger partial charge in [0.25, 0.3) is 0 Å². The van der Waals surface area contributed by atoms with E-state index in [1.54, 1.807) is 0 Å². The van der Waals surface area contributed by atoms with Gasteiger partial charge in [0.05, 0.1) is 0 Å². The lowest BCUT2D eigenvalue weighted by Crippen LogP contribution is -2.12. The predicted molar refractivity (Wildman–Crippen MR) is 57.0 cm³/mol. The third-order valence-electron chi connectivity index (χ3n) is 2.50. The van der Waals surface area contributed by atoms with E-state index in [0.717, 1.165) is 0 Å². The fourth-order valence-corrected chi connectivity index (χ4v) is 1.25. The van der Waals surface area contributed by atoms with Crippen LogP contribution in [0.25, 0.3) is 0 Å². The molecular weight excluding hydrogens is 156 g/mol. The molecule has 70 valence electrons. The summed E-state index contributed by atoms with van der Waals surface area (Å²) in [6.07, 6.45) is 0. The molecular formula is C13H18. The van der Waals surface area contributed by atoms with E-state index in [2.05, 4.69) is 53.7 Å². The van der Waals surface area contributed by atoms with Crippen LogP contribution in [0.1, 0.15) is 43.0 Å². The van der Waals surface area contributed by atoms with Crippen molar-refractivity contribution in [3.63, 3.8) is 0 Å². The Balaban J connectivity index is 3.29. The molecule has 0 bridgehead atoms. The Hall–Kier alpha value is -0.780. The van der Waals surface area contributed by atoms with Crippen LogP contribution in [0.2, 0.25) is 0 Å². The molecule has 0 heteroatoms. The molecule has 0 nitrogen and oxygen atoms in total. The zero-order chi connectivity index (χ0) is 10.2. The average Bonchev–Trinajstić information content (AvgIpc) is 1.97. The number of hydrogen-bond acceptors (Lipinski definition) is 0. The van der Waals surface area contributed by atoms with Crippen LogP contribution in [0.3, 0.4) is 0 Å². The normalized spacial score (nSPS) is 11.8. The lowest BCUT2D eigenvalue weighted by molar-refractivity contribution is 0.586. The maximum atomic E-state index is 3.40. The third kappa shape index (κ3) is 2.12. The first-order chi connectivity index (χ1) is 5.82. The summed E-state index contributed by atoms with van der Waals surface area (Å²) in [7, 11) is 0. The second kappa shape index (κ2) is 3.17. The summed E-state index contributed by atoms with van der Waals surface area (Å²) >= 11 is 0. The Kier molecular flexibility index (Phi) is 2.51. The van der Waals surface area contributed by atoms with Crippen molar-refractivity contribution >= 4 is 0 Å². The molecule has 0 amide bonds. The lowest BCUT2D eigenvalue weighted by Gasteiger charge is -2.20. The summed E-state index contributed by atoms with van der Waals surface area (Å²) in [5.41, 5.74) is 5.16. The molecule has 1 aromatic carbocycles.